The van der Waals surface area contributed by atoms with Crippen molar-refractivity contribution >= 4 is 17.7 Å². The molecule has 114 valence electrons. The summed E-state index contributed by atoms with van der Waals surface area (Å²) in [6, 6.07) is 8.72. The van der Waals surface area contributed by atoms with Gasteiger partial charge < -0.3 is 5.11 Å². The van der Waals surface area contributed by atoms with E-state index in [9.17, 15) is 14.0 Å². The van der Waals surface area contributed by atoms with Crippen molar-refractivity contribution in [3.63, 3.8) is 0 Å². The van der Waals surface area contributed by atoms with Gasteiger partial charge in [-0.15, -0.1) is 0 Å². The summed E-state index contributed by atoms with van der Waals surface area (Å²) in [5, 5.41) is 8.84. The normalized spacial score (nSPS) is 10.3. The minimum atomic E-state index is -1.02. The molecule has 1 amide bonds. The number of aliphatic carboxylic acids is 1. The highest BCUT2D eigenvalue weighted by atomic mass is 19.1. The maximum Gasteiger partial charge on any atom is 0.305 e. The van der Waals surface area contributed by atoms with Gasteiger partial charge in [-0.2, -0.15) is 0 Å². The molecule has 0 aliphatic heterocycles. The van der Waals surface area contributed by atoms with Gasteiger partial charge in [-0.25, -0.2) is 9.37 Å². The molecule has 0 saturated heterocycles. The fourth-order valence-corrected chi connectivity index (χ4v) is 1.97. The predicted molar refractivity (Wildman–Crippen MR) is 79.3 cm³/mol. The van der Waals surface area contributed by atoms with E-state index in [0.29, 0.717) is 5.82 Å². The van der Waals surface area contributed by atoms with Crippen LogP contribution in [0.5, 0.6) is 0 Å². The van der Waals surface area contributed by atoms with E-state index in [1.807, 2.05) is 6.92 Å². The molecular formula is C16H15FN2O3. The van der Waals surface area contributed by atoms with E-state index >= 15 is 0 Å². The number of nitrogens with zero attached hydrogens (tertiary/aromatic N) is 2. The third-order valence-electron chi connectivity index (χ3n) is 3.04. The molecule has 0 unspecified atom stereocenters. The van der Waals surface area contributed by atoms with Gasteiger partial charge >= 0.3 is 5.97 Å². The van der Waals surface area contributed by atoms with E-state index in [2.05, 4.69) is 4.98 Å². The first kappa shape index (κ1) is 15.6. The minimum Gasteiger partial charge on any atom is -0.481 e. The molecule has 0 saturated carbocycles. The predicted octanol–water partition coefficient (Wildman–Crippen LogP) is 2.65. The number of pyridine rings is 1. The van der Waals surface area contributed by atoms with E-state index in [-0.39, 0.29) is 18.5 Å². The number of carboxylic acid groups (broad SMARTS) is 1. The van der Waals surface area contributed by atoms with Crippen LogP contribution in [-0.2, 0) is 4.79 Å². The van der Waals surface area contributed by atoms with Gasteiger partial charge in [0.25, 0.3) is 5.91 Å². The summed E-state index contributed by atoms with van der Waals surface area (Å²) >= 11 is 0. The molecule has 22 heavy (non-hydrogen) atoms. The number of aromatic nitrogens is 1. The molecule has 1 aromatic carbocycles. The molecule has 2 rings (SSSR count). The van der Waals surface area contributed by atoms with Crippen LogP contribution in [-0.4, -0.2) is 28.5 Å². The number of benzene rings is 1. The molecule has 0 radical (unpaired) electrons. The molecule has 0 bridgehead atoms. The number of halogens is 1. The van der Waals surface area contributed by atoms with Gasteiger partial charge in [0.2, 0.25) is 0 Å². The molecule has 5 nitrogen and oxygen atoms in total. The lowest BCUT2D eigenvalue weighted by Gasteiger charge is -2.21. The second-order valence-electron chi connectivity index (χ2n) is 4.80. The van der Waals surface area contributed by atoms with Crippen LogP contribution in [0.4, 0.5) is 10.2 Å². The fourth-order valence-electron chi connectivity index (χ4n) is 1.97. The van der Waals surface area contributed by atoms with Gasteiger partial charge in [0, 0.05) is 18.3 Å². The summed E-state index contributed by atoms with van der Waals surface area (Å²) in [7, 11) is 0. The quantitative estimate of drug-likeness (QED) is 0.921. The molecule has 0 fully saturated rings. The zero-order chi connectivity index (χ0) is 16.1. The Labute approximate surface area is 127 Å². The van der Waals surface area contributed by atoms with Gasteiger partial charge in [-0.3, -0.25) is 14.5 Å². The summed E-state index contributed by atoms with van der Waals surface area (Å²) in [6.45, 7) is 1.80. The SMILES string of the molecule is Cc1ccnc(N(CCC(=O)O)C(=O)c2cccc(F)c2)c1. The number of carbonyl (C=O) groups is 2. The Morgan fingerprint density at radius 3 is 2.68 bits per heavy atom. The number of anilines is 1. The van der Waals surface area contributed by atoms with Crippen molar-refractivity contribution in [2.24, 2.45) is 0 Å². The number of hydrogen-bond donors (Lipinski definition) is 1. The number of hydrogen-bond acceptors (Lipinski definition) is 3. The molecule has 1 aromatic heterocycles. The monoisotopic (exact) mass is 302 g/mol. The topological polar surface area (TPSA) is 70.5 Å². The summed E-state index contributed by atoms with van der Waals surface area (Å²) in [4.78, 5) is 28.7. The van der Waals surface area contributed by atoms with E-state index in [1.165, 1.54) is 29.3 Å². The second kappa shape index (κ2) is 6.80. The maximum absolute atomic E-state index is 13.3. The van der Waals surface area contributed by atoms with Crippen LogP contribution in [0.3, 0.4) is 0 Å². The highest BCUT2D eigenvalue weighted by Crippen LogP contribution is 2.17. The third-order valence-corrected chi connectivity index (χ3v) is 3.04. The molecule has 2 aromatic rings. The Morgan fingerprint density at radius 2 is 2.05 bits per heavy atom. The van der Waals surface area contributed by atoms with Gasteiger partial charge in [-0.05, 0) is 42.8 Å². The minimum absolute atomic E-state index is 0.0405. The smallest absolute Gasteiger partial charge is 0.305 e. The van der Waals surface area contributed by atoms with Crippen molar-refractivity contribution in [3.05, 3.63) is 59.5 Å². The van der Waals surface area contributed by atoms with Crippen molar-refractivity contribution in [1.82, 2.24) is 4.98 Å². The lowest BCUT2D eigenvalue weighted by Crippen LogP contribution is -2.33. The Balaban J connectivity index is 2.35. The van der Waals surface area contributed by atoms with Gasteiger partial charge in [0.05, 0.1) is 6.42 Å². The molecular weight excluding hydrogens is 287 g/mol. The Morgan fingerprint density at radius 1 is 1.27 bits per heavy atom. The van der Waals surface area contributed by atoms with Gasteiger partial charge in [0.15, 0.2) is 0 Å². The largest absolute Gasteiger partial charge is 0.481 e. The van der Waals surface area contributed by atoms with Crippen molar-refractivity contribution in [2.75, 3.05) is 11.4 Å². The standard InChI is InChI=1S/C16H15FN2O3/c1-11-5-7-18-14(9-11)19(8-6-15(20)21)16(22)12-3-2-4-13(17)10-12/h2-5,7,9-10H,6,8H2,1H3,(H,20,21). The summed E-state index contributed by atoms with van der Waals surface area (Å²) in [5.41, 5.74) is 1.03. The Bertz CT molecular complexity index is 703. The van der Waals surface area contributed by atoms with E-state index in [0.717, 1.165) is 11.6 Å². The van der Waals surface area contributed by atoms with E-state index < -0.39 is 17.7 Å². The third kappa shape index (κ3) is 3.88. The number of carbonyl (C=O) groups excluding carboxylic acids is 1. The molecule has 0 aliphatic carbocycles. The number of rotatable bonds is 5. The number of aryl methyl sites for hydroxylation is 1. The van der Waals surface area contributed by atoms with E-state index in [4.69, 9.17) is 5.11 Å². The van der Waals surface area contributed by atoms with Crippen LogP contribution in [0, 0.1) is 12.7 Å². The average Bonchev–Trinajstić information content (AvgIpc) is 2.47. The highest BCUT2D eigenvalue weighted by Gasteiger charge is 2.20. The van der Waals surface area contributed by atoms with Crippen LogP contribution < -0.4 is 4.90 Å². The van der Waals surface area contributed by atoms with E-state index in [1.54, 1.807) is 12.1 Å². The summed E-state index contributed by atoms with van der Waals surface area (Å²) < 4.78 is 13.3. The Hall–Kier alpha value is -2.76. The average molecular weight is 302 g/mol. The summed E-state index contributed by atoms with van der Waals surface area (Å²) in [6.07, 6.45) is 1.31. The zero-order valence-corrected chi connectivity index (χ0v) is 12.0. The first-order chi connectivity index (χ1) is 10.5. The van der Waals surface area contributed by atoms with Crippen LogP contribution in [0.25, 0.3) is 0 Å². The Kier molecular flexibility index (Phi) is 4.83. The van der Waals surface area contributed by atoms with Gasteiger partial charge in [0.1, 0.15) is 11.6 Å². The van der Waals surface area contributed by atoms with Crippen molar-refractivity contribution in [2.45, 2.75) is 13.3 Å². The number of amides is 1. The molecule has 1 N–H and O–H groups in total. The van der Waals surface area contributed by atoms with Crippen LogP contribution in [0.2, 0.25) is 0 Å². The van der Waals surface area contributed by atoms with Crippen LogP contribution in [0.1, 0.15) is 22.3 Å². The van der Waals surface area contributed by atoms with Crippen molar-refractivity contribution in [3.8, 4) is 0 Å². The first-order valence-corrected chi connectivity index (χ1v) is 6.69. The highest BCUT2D eigenvalue weighted by molar-refractivity contribution is 6.05. The summed E-state index contributed by atoms with van der Waals surface area (Å²) in [5.74, 6) is -1.69. The van der Waals surface area contributed by atoms with Gasteiger partial charge in [-0.1, -0.05) is 6.07 Å². The molecule has 6 heteroatoms. The first-order valence-electron chi connectivity index (χ1n) is 6.69. The van der Waals surface area contributed by atoms with Crippen molar-refractivity contribution in [1.29, 1.82) is 0 Å². The molecule has 0 atom stereocenters. The fraction of sp³-hybridized carbons (Fsp3) is 0.188. The molecule has 0 aliphatic rings. The second-order valence-corrected chi connectivity index (χ2v) is 4.80. The molecule has 0 spiro atoms. The molecule has 1 heterocycles. The maximum atomic E-state index is 13.3. The zero-order valence-electron chi connectivity index (χ0n) is 12.0. The van der Waals surface area contributed by atoms with Crippen LogP contribution >= 0.6 is 0 Å². The van der Waals surface area contributed by atoms with Crippen LogP contribution in [0.15, 0.2) is 42.6 Å². The lowest BCUT2D eigenvalue weighted by molar-refractivity contribution is -0.136. The number of carboxylic acids is 1. The van der Waals surface area contributed by atoms with Crippen molar-refractivity contribution < 1.29 is 19.1 Å². The lowest BCUT2D eigenvalue weighted by atomic mass is 10.1.